The molecule has 0 spiro atoms. The number of rotatable bonds is 4. The van der Waals surface area contributed by atoms with Crippen LogP contribution in [-0.4, -0.2) is 21.9 Å². The van der Waals surface area contributed by atoms with Crippen molar-refractivity contribution < 1.29 is 14.5 Å². The molecule has 0 bridgehead atoms. The second kappa shape index (κ2) is 9.26. The maximum atomic E-state index is 12.1. The maximum Gasteiger partial charge on any atom is 0.288 e. The van der Waals surface area contributed by atoms with Crippen LogP contribution in [0.25, 0.3) is 0 Å². The van der Waals surface area contributed by atoms with E-state index in [9.17, 15) is 19.7 Å². The monoisotopic (exact) mass is 426 g/mol. The molecule has 0 saturated carbocycles. The van der Waals surface area contributed by atoms with Crippen molar-refractivity contribution in [3.05, 3.63) is 73.8 Å². The van der Waals surface area contributed by atoms with Crippen LogP contribution in [0.1, 0.15) is 15.9 Å². The minimum atomic E-state index is -0.702. The number of nitrogens with one attached hydrogen (secondary N) is 3. The summed E-state index contributed by atoms with van der Waals surface area (Å²) in [6.45, 7) is 0. The summed E-state index contributed by atoms with van der Waals surface area (Å²) in [7, 11) is 0. The third-order valence-electron chi connectivity index (χ3n) is 3.23. The van der Waals surface area contributed by atoms with E-state index in [1.807, 2.05) is 0 Å². The molecule has 0 aliphatic rings. The molecule has 0 aliphatic heterocycles. The Hall–Kier alpha value is -2.75. The molecule has 0 fully saturated rings. The Bertz CT molecular complexity index is 906. The molecule has 0 saturated heterocycles. The van der Waals surface area contributed by atoms with Gasteiger partial charge in [-0.3, -0.25) is 35.9 Å². The van der Waals surface area contributed by atoms with Gasteiger partial charge in [-0.15, -0.1) is 0 Å². The smallest absolute Gasteiger partial charge is 0.288 e. The van der Waals surface area contributed by atoms with Crippen LogP contribution in [0.4, 0.5) is 5.69 Å². The number of hydrogen-bond donors (Lipinski definition) is 3. The Kier molecular flexibility index (Phi) is 7.05. The van der Waals surface area contributed by atoms with E-state index in [0.29, 0.717) is 5.02 Å². The zero-order valence-corrected chi connectivity index (χ0v) is 15.8. The standard InChI is InChI=1S/C16H12Cl2N4O4S/c17-11-4-1-9(2-5-11)7-14(23)20-21-16(27)19-15(24)10-3-6-12(18)13(8-10)22(25)26/h1-6,8H,7H2,(H,20,23)(H2,19,21,24,27). The molecule has 0 atom stereocenters. The van der Waals surface area contributed by atoms with Gasteiger partial charge in [-0.1, -0.05) is 35.3 Å². The van der Waals surface area contributed by atoms with Crippen molar-refractivity contribution in [2.45, 2.75) is 6.42 Å². The summed E-state index contributed by atoms with van der Waals surface area (Å²) in [6, 6.07) is 10.3. The third kappa shape index (κ3) is 6.17. The third-order valence-corrected chi connectivity index (χ3v) is 4.00. The van der Waals surface area contributed by atoms with Crippen LogP contribution < -0.4 is 16.2 Å². The fourth-order valence-corrected chi connectivity index (χ4v) is 2.41. The number of carbonyl (C=O) groups excluding carboxylic acids is 2. The molecule has 0 radical (unpaired) electrons. The minimum absolute atomic E-state index is 0.0114. The highest BCUT2D eigenvalue weighted by Gasteiger charge is 2.17. The van der Waals surface area contributed by atoms with Crippen LogP contribution in [0.15, 0.2) is 42.5 Å². The Morgan fingerprint density at radius 3 is 2.37 bits per heavy atom. The van der Waals surface area contributed by atoms with Gasteiger partial charge in [0, 0.05) is 16.7 Å². The van der Waals surface area contributed by atoms with Gasteiger partial charge in [0.1, 0.15) is 5.02 Å². The number of nitro groups is 1. The second-order valence-electron chi connectivity index (χ2n) is 5.18. The topological polar surface area (TPSA) is 113 Å². The first kappa shape index (κ1) is 20.6. The van der Waals surface area contributed by atoms with Crippen LogP contribution in [0.2, 0.25) is 10.0 Å². The second-order valence-corrected chi connectivity index (χ2v) is 6.43. The Balaban J connectivity index is 1.87. The largest absolute Gasteiger partial charge is 0.298 e. The summed E-state index contributed by atoms with van der Waals surface area (Å²) in [6.07, 6.45) is 0.0735. The molecule has 8 nitrogen and oxygen atoms in total. The van der Waals surface area contributed by atoms with E-state index in [-0.39, 0.29) is 22.1 Å². The quantitative estimate of drug-likeness (QED) is 0.393. The van der Waals surface area contributed by atoms with Gasteiger partial charge in [0.2, 0.25) is 5.91 Å². The lowest BCUT2D eigenvalue weighted by atomic mass is 10.1. The van der Waals surface area contributed by atoms with E-state index >= 15 is 0 Å². The number of benzene rings is 2. The normalized spacial score (nSPS) is 10.0. The lowest BCUT2D eigenvalue weighted by molar-refractivity contribution is -0.384. The Morgan fingerprint density at radius 2 is 1.74 bits per heavy atom. The molecule has 11 heteroatoms. The van der Waals surface area contributed by atoms with Gasteiger partial charge in [0.25, 0.3) is 11.6 Å². The van der Waals surface area contributed by atoms with E-state index in [1.54, 1.807) is 24.3 Å². The van der Waals surface area contributed by atoms with Crippen LogP contribution in [0.5, 0.6) is 0 Å². The molecule has 0 aliphatic carbocycles. The molecule has 0 unspecified atom stereocenters. The first-order valence-corrected chi connectivity index (χ1v) is 8.51. The zero-order valence-electron chi connectivity index (χ0n) is 13.5. The Morgan fingerprint density at radius 1 is 1.07 bits per heavy atom. The van der Waals surface area contributed by atoms with Gasteiger partial charge in [0.05, 0.1) is 11.3 Å². The maximum absolute atomic E-state index is 12.1. The van der Waals surface area contributed by atoms with E-state index in [0.717, 1.165) is 11.6 Å². The van der Waals surface area contributed by atoms with Crippen LogP contribution in [0, 0.1) is 10.1 Å². The fourth-order valence-electron chi connectivity index (χ4n) is 1.96. The van der Waals surface area contributed by atoms with Crippen molar-refractivity contribution >= 4 is 58.0 Å². The number of nitrogens with zero attached hydrogens (tertiary/aromatic N) is 1. The van der Waals surface area contributed by atoms with Crippen molar-refractivity contribution in [2.24, 2.45) is 0 Å². The van der Waals surface area contributed by atoms with Gasteiger partial charge in [-0.25, -0.2) is 0 Å². The highest BCUT2D eigenvalue weighted by Crippen LogP contribution is 2.24. The van der Waals surface area contributed by atoms with E-state index < -0.39 is 22.4 Å². The summed E-state index contributed by atoms with van der Waals surface area (Å²) < 4.78 is 0. The van der Waals surface area contributed by atoms with Crippen LogP contribution in [-0.2, 0) is 11.2 Å². The van der Waals surface area contributed by atoms with Gasteiger partial charge < -0.3 is 0 Å². The number of nitro benzene ring substituents is 1. The lowest BCUT2D eigenvalue weighted by Crippen LogP contribution is -2.48. The van der Waals surface area contributed by atoms with Gasteiger partial charge in [-0.05, 0) is 42.0 Å². The van der Waals surface area contributed by atoms with Crippen molar-refractivity contribution in [1.29, 1.82) is 0 Å². The fraction of sp³-hybridized carbons (Fsp3) is 0.0625. The average molecular weight is 427 g/mol. The zero-order chi connectivity index (χ0) is 20.0. The van der Waals surface area contributed by atoms with E-state index in [4.69, 9.17) is 35.4 Å². The number of hydrogen-bond acceptors (Lipinski definition) is 5. The van der Waals surface area contributed by atoms with E-state index in [2.05, 4.69) is 16.2 Å². The van der Waals surface area contributed by atoms with Crippen molar-refractivity contribution in [2.75, 3.05) is 0 Å². The number of halogens is 2. The lowest BCUT2D eigenvalue weighted by Gasteiger charge is -2.11. The molecular weight excluding hydrogens is 415 g/mol. The molecule has 2 aromatic rings. The average Bonchev–Trinajstić information content (AvgIpc) is 2.62. The van der Waals surface area contributed by atoms with Crippen LogP contribution in [0.3, 0.4) is 0 Å². The van der Waals surface area contributed by atoms with Crippen molar-refractivity contribution in [3.63, 3.8) is 0 Å². The van der Waals surface area contributed by atoms with Gasteiger partial charge >= 0.3 is 0 Å². The summed E-state index contributed by atoms with van der Waals surface area (Å²) in [5.74, 6) is -1.09. The molecule has 0 heterocycles. The SMILES string of the molecule is O=C(Cc1ccc(Cl)cc1)NNC(=S)NC(=O)c1ccc(Cl)c([N+](=O)[O-])c1. The first-order valence-electron chi connectivity index (χ1n) is 7.35. The molecule has 27 heavy (non-hydrogen) atoms. The molecule has 2 aromatic carbocycles. The van der Waals surface area contributed by atoms with Crippen molar-refractivity contribution in [1.82, 2.24) is 16.2 Å². The predicted molar refractivity (Wildman–Crippen MR) is 105 cm³/mol. The predicted octanol–water partition coefficient (Wildman–Crippen LogP) is 2.78. The molecule has 140 valence electrons. The highest BCUT2D eigenvalue weighted by atomic mass is 35.5. The summed E-state index contributed by atoms with van der Waals surface area (Å²) in [4.78, 5) is 34.1. The van der Waals surface area contributed by atoms with Crippen LogP contribution >= 0.6 is 35.4 Å². The van der Waals surface area contributed by atoms with Gasteiger partial charge in [-0.2, -0.15) is 0 Å². The molecule has 2 rings (SSSR count). The summed E-state index contributed by atoms with van der Waals surface area (Å²) >= 11 is 16.4. The molecular formula is C16H12Cl2N4O4S. The van der Waals surface area contributed by atoms with E-state index in [1.165, 1.54) is 12.1 Å². The molecule has 3 N–H and O–H groups in total. The minimum Gasteiger partial charge on any atom is -0.298 e. The molecule has 2 amide bonds. The van der Waals surface area contributed by atoms with Crippen molar-refractivity contribution in [3.8, 4) is 0 Å². The first-order chi connectivity index (χ1) is 12.8. The number of hydrazine groups is 1. The molecule has 0 aromatic heterocycles. The van der Waals surface area contributed by atoms with Gasteiger partial charge in [0.15, 0.2) is 5.11 Å². The summed E-state index contributed by atoms with van der Waals surface area (Å²) in [5, 5.41) is 13.4. The Labute approximate surface area is 169 Å². The summed E-state index contributed by atoms with van der Waals surface area (Å²) in [5.41, 5.74) is 5.03. The highest BCUT2D eigenvalue weighted by molar-refractivity contribution is 7.80. The number of thiocarbonyl (C=S) groups is 1. The number of carbonyl (C=O) groups is 2. The number of amides is 2.